The molecule has 4 rings (SSSR count). The maximum atomic E-state index is 12.3. The van der Waals surface area contributed by atoms with Gasteiger partial charge in [0.1, 0.15) is 0 Å². The fourth-order valence-electron chi connectivity index (χ4n) is 4.59. The van der Waals surface area contributed by atoms with Gasteiger partial charge in [-0.2, -0.15) is 0 Å². The molecule has 0 N–H and O–H groups in total. The van der Waals surface area contributed by atoms with Gasteiger partial charge in [0.15, 0.2) is 5.78 Å². The summed E-state index contributed by atoms with van der Waals surface area (Å²) in [5.74, 6) is 0.857. The Bertz CT molecular complexity index is 868. The van der Waals surface area contributed by atoms with Crippen molar-refractivity contribution in [1.29, 1.82) is 0 Å². The second kappa shape index (κ2) is 6.88. The second-order valence-electron chi connectivity index (χ2n) is 7.62. The molecule has 1 amide bonds. The van der Waals surface area contributed by atoms with E-state index in [1.54, 1.807) is 7.11 Å². The molecule has 1 atom stereocenters. The van der Waals surface area contributed by atoms with Gasteiger partial charge in [-0.25, -0.2) is 0 Å². The number of nitrogens with zero attached hydrogens (tertiary/aromatic N) is 2. The zero-order valence-electron chi connectivity index (χ0n) is 15.6. The normalized spacial score (nSPS) is 20.2. The molecule has 0 unspecified atom stereocenters. The number of Topliss-reactive ketones (excluding diaryl/α,β-unsaturated/α-hetero) is 1. The van der Waals surface area contributed by atoms with E-state index in [4.69, 9.17) is 4.74 Å². The van der Waals surface area contributed by atoms with E-state index in [1.807, 2.05) is 11.9 Å². The van der Waals surface area contributed by atoms with Crippen LogP contribution in [-0.4, -0.2) is 48.0 Å². The number of hydrogen-bond donors (Lipinski definition) is 0. The van der Waals surface area contributed by atoms with E-state index in [9.17, 15) is 9.59 Å². The van der Waals surface area contributed by atoms with Crippen molar-refractivity contribution in [2.75, 3.05) is 26.8 Å². The van der Waals surface area contributed by atoms with E-state index in [-0.39, 0.29) is 11.7 Å². The molecule has 1 aliphatic heterocycles. The Morgan fingerprint density at radius 1 is 1.23 bits per heavy atom. The van der Waals surface area contributed by atoms with Crippen molar-refractivity contribution < 1.29 is 14.3 Å². The molecule has 1 saturated heterocycles. The standard InChI is InChI=1S/C21H26N2O3/c1-22-18-7-6-14(10-15-12-20(25)23(13-15)8-9-26-2)11-17(18)16-4-3-5-19(24)21(16)22/h6-7,11,15H,3-5,8-10,12-13H2,1-2H3/t15-/m1/s1. The fourth-order valence-corrected chi connectivity index (χ4v) is 4.59. The molecule has 0 spiro atoms. The van der Waals surface area contributed by atoms with Crippen LogP contribution in [0.3, 0.4) is 0 Å². The molecular formula is C21H26N2O3. The summed E-state index contributed by atoms with van der Waals surface area (Å²) in [5.41, 5.74) is 4.50. The highest BCUT2D eigenvalue weighted by molar-refractivity contribution is 6.04. The number of carbonyl (C=O) groups excluding carboxylic acids is 2. The number of ketones is 1. The highest BCUT2D eigenvalue weighted by Gasteiger charge is 2.30. The number of likely N-dealkylation sites (tertiary alicyclic amines) is 1. The number of amides is 1. The summed E-state index contributed by atoms with van der Waals surface area (Å²) in [6.07, 6.45) is 4.11. The molecule has 5 nitrogen and oxygen atoms in total. The van der Waals surface area contributed by atoms with E-state index >= 15 is 0 Å². The van der Waals surface area contributed by atoms with Crippen molar-refractivity contribution in [2.45, 2.75) is 32.1 Å². The highest BCUT2D eigenvalue weighted by Crippen LogP contribution is 2.33. The first-order chi connectivity index (χ1) is 12.6. The monoisotopic (exact) mass is 354 g/mol. The third-order valence-electron chi connectivity index (χ3n) is 5.85. The summed E-state index contributed by atoms with van der Waals surface area (Å²) in [6, 6.07) is 6.53. The molecule has 1 aromatic carbocycles. The van der Waals surface area contributed by atoms with Gasteiger partial charge in [-0.15, -0.1) is 0 Å². The number of carbonyl (C=O) groups is 2. The van der Waals surface area contributed by atoms with E-state index in [2.05, 4.69) is 22.8 Å². The molecule has 1 fully saturated rings. The number of methoxy groups -OCH3 is 1. The molecule has 26 heavy (non-hydrogen) atoms. The number of ether oxygens (including phenoxy) is 1. The van der Waals surface area contributed by atoms with Gasteiger partial charge < -0.3 is 14.2 Å². The molecule has 2 aliphatic rings. The molecule has 2 heterocycles. The zero-order chi connectivity index (χ0) is 18.3. The predicted octanol–water partition coefficient (Wildman–Crippen LogP) is 2.73. The first-order valence-electron chi connectivity index (χ1n) is 9.48. The summed E-state index contributed by atoms with van der Waals surface area (Å²) in [5, 5.41) is 1.22. The van der Waals surface area contributed by atoms with Crippen molar-refractivity contribution in [3.63, 3.8) is 0 Å². The molecule has 1 aliphatic carbocycles. The minimum absolute atomic E-state index is 0.232. The van der Waals surface area contributed by atoms with E-state index < -0.39 is 0 Å². The molecule has 5 heteroatoms. The van der Waals surface area contributed by atoms with Gasteiger partial charge in [-0.3, -0.25) is 9.59 Å². The van der Waals surface area contributed by atoms with E-state index in [0.717, 1.165) is 37.0 Å². The molecule has 0 radical (unpaired) electrons. The summed E-state index contributed by atoms with van der Waals surface area (Å²) < 4.78 is 7.15. The van der Waals surface area contributed by atoms with Crippen molar-refractivity contribution in [3.05, 3.63) is 35.0 Å². The Labute approximate surface area is 153 Å². The lowest BCUT2D eigenvalue weighted by Gasteiger charge is -2.16. The quantitative estimate of drug-likeness (QED) is 0.830. The number of fused-ring (bicyclic) bond motifs is 3. The van der Waals surface area contributed by atoms with Crippen LogP contribution in [0.4, 0.5) is 0 Å². The Balaban J connectivity index is 1.57. The molecule has 138 valence electrons. The largest absolute Gasteiger partial charge is 0.383 e. The average molecular weight is 354 g/mol. The molecular weight excluding hydrogens is 328 g/mol. The topological polar surface area (TPSA) is 51.5 Å². The Kier molecular flexibility index (Phi) is 4.57. The first-order valence-corrected chi connectivity index (χ1v) is 9.48. The van der Waals surface area contributed by atoms with Crippen LogP contribution in [0.5, 0.6) is 0 Å². The van der Waals surface area contributed by atoms with Crippen LogP contribution >= 0.6 is 0 Å². The van der Waals surface area contributed by atoms with Gasteiger partial charge in [0.05, 0.1) is 12.3 Å². The highest BCUT2D eigenvalue weighted by atomic mass is 16.5. The predicted molar refractivity (Wildman–Crippen MR) is 100 cm³/mol. The third-order valence-corrected chi connectivity index (χ3v) is 5.85. The van der Waals surface area contributed by atoms with Crippen LogP contribution in [0.25, 0.3) is 10.9 Å². The Morgan fingerprint density at radius 3 is 2.88 bits per heavy atom. The summed E-state index contributed by atoms with van der Waals surface area (Å²) >= 11 is 0. The lowest BCUT2D eigenvalue weighted by Crippen LogP contribution is -2.28. The number of hydrogen-bond acceptors (Lipinski definition) is 3. The minimum Gasteiger partial charge on any atom is -0.383 e. The lowest BCUT2D eigenvalue weighted by molar-refractivity contribution is -0.128. The second-order valence-corrected chi connectivity index (χ2v) is 7.62. The van der Waals surface area contributed by atoms with Gasteiger partial charge in [0.25, 0.3) is 0 Å². The van der Waals surface area contributed by atoms with Crippen molar-refractivity contribution in [1.82, 2.24) is 9.47 Å². The SMILES string of the molecule is COCCN1C[C@H](Cc2ccc3c(c2)c2c(n3C)C(=O)CCC2)CC1=O. The van der Waals surface area contributed by atoms with Gasteiger partial charge in [0.2, 0.25) is 5.91 Å². The lowest BCUT2D eigenvalue weighted by atomic mass is 9.92. The van der Waals surface area contributed by atoms with Crippen LogP contribution in [0.2, 0.25) is 0 Å². The smallest absolute Gasteiger partial charge is 0.223 e. The van der Waals surface area contributed by atoms with Gasteiger partial charge in [-0.1, -0.05) is 6.07 Å². The Morgan fingerprint density at radius 2 is 2.08 bits per heavy atom. The molecule has 0 saturated carbocycles. The van der Waals surface area contributed by atoms with Gasteiger partial charge in [0, 0.05) is 51.0 Å². The van der Waals surface area contributed by atoms with Gasteiger partial charge >= 0.3 is 0 Å². The number of aryl methyl sites for hydroxylation is 2. The first kappa shape index (κ1) is 17.3. The number of aromatic nitrogens is 1. The zero-order valence-corrected chi connectivity index (χ0v) is 15.6. The average Bonchev–Trinajstić information content (AvgIpc) is 3.11. The summed E-state index contributed by atoms with van der Waals surface area (Å²) in [6.45, 7) is 2.08. The van der Waals surface area contributed by atoms with Crippen molar-refractivity contribution in [2.24, 2.45) is 13.0 Å². The van der Waals surface area contributed by atoms with Crippen LogP contribution in [-0.2, 0) is 29.4 Å². The van der Waals surface area contributed by atoms with Crippen molar-refractivity contribution >= 4 is 22.6 Å². The van der Waals surface area contributed by atoms with Crippen LogP contribution < -0.4 is 0 Å². The molecule has 2 aromatic rings. The van der Waals surface area contributed by atoms with Gasteiger partial charge in [-0.05, 0) is 48.4 Å². The van der Waals surface area contributed by atoms with Crippen LogP contribution in [0.1, 0.15) is 40.9 Å². The summed E-state index contributed by atoms with van der Waals surface area (Å²) in [7, 11) is 3.66. The summed E-state index contributed by atoms with van der Waals surface area (Å²) in [4.78, 5) is 26.4. The fraction of sp³-hybridized carbons (Fsp3) is 0.524. The Hall–Kier alpha value is -2.14. The van der Waals surface area contributed by atoms with Crippen LogP contribution in [0, 0.1) is 5.92 Å². The maximum absolute atomic E-state index is 12.3. The minimum atomic E-state index is 0.232. The van der Waals surface area contributed by atoms with Crippen LogP contribution in [0.15, 0.2) is 18.2 Å². The molecule has 0 bridgehead atoms. The number of rotatable bonds is 5. The van der Waals surface area contributed by atoms with E-state index in [1.165, 1.54) is 16.5 Å². The van der Waals surface area contributed by atoms with Crippen molar-refractivity contribution in [3.8, 4) is 0 Å². The third kappa shape index (κ3) is 2.94. The molecule has 1 aromatic heterocycles. The number of benzene rings is 1. The maximum Gasteiger partial charge on any atom is 0.223 e. The van der Waals surface area contributed by atoms with E-state index in [0.29, 0.717) is 31.9 Å².